The summed E-state index contributed by atoms with van der Waals surface area (Å²) in [6.07, 6.45) is 0. The lowest BCUT2D eigenvalue weighted by atomic mass is 10.2. The van der Waals surface area contributed by atoms with Crippen LogP contribution in [0.5, 0.6) is 0 Å². The quantitative estimate of drug-likeness (QED) is 0.733. The maximum Gasteiger partial charge on any atom is 0.292 e. The van der Waals surface area contributed by atoms with Crippen LogP contribution in [0.25, 0.3) is 11.5 Å². The molecule has 0 aliphatic heterocycles. The fourth-order valence-corrected chi connectivity index (χ4v) is 2.62. The minimum atomic E-state index is -0.434. The summed E-state index contributed by atoms with van der Waals surface area (Å²) in [5.74, 6) is -0.652. The number of amides is 1. The van der Waals surface area contributed by atoms with Gasteiger partial charge in [-0.2, -0.15) is 10.1 Å². The number of nitrogens with one attached hydrogen (secondary N) is 1. The van der Waals surface area contributed by atoms with Crippen LogP contribution in [0, 0.1) is 25.6 Å². The lowest BCUT2D eigenvalue weighted by Crippen LogP contribution is -2.31. The van der Waals surface area contributed by atoms with E-state index in [1.54, 1.807) is 6.07 Å². The molecule has 1 atom stereocenters. The van der Waals surface area contributed by atoms with Crippen molar-refractivity contribution in [1.29, 1.82) is 0 Å². The van der Waals surface area contributed by atoms with Crippen LogP contribution in [0.1, 0.15) is 28.9 Å². The van der Waals surface area contributed by atoms with Gasteiger partial charge in [-0.25, -0.2) is 4.39 Å². The molecule has 0 radical (unpaired) electrons. The Balaban J connectivity index is 1.57. The Morgan fingerprint density at radius 2 is 2.15 bits per heavy atom. The normalized spacial score (nSPS) is 12.2. The minimum absolute atomic E-state index is 0.0809. The SMILES string of the molecule is Cc1cc(C)n(C[C@@H](C)CNC(=O)c2noc(-c3cccc(F)c3)n2)n1. The number of hydrogen-bond acceptors (Lipinski definition) is 5. The summed E-state index contributed by atoms with van der Waals surface area (Å²) in [5.41, 5.74) is 2.48. The van der Waals surface area contributed by atoms with Gasteiger partial charge >= 0.3 is 0 Å². The number of aryl methyl sites for hydroxylation is 2. The number of aromatic nitrogens is 4. The van der Waals surface area contributed by atoms with Gasteiger partial charge in [0, 0.05) is 24.3 Å². The predicted molar refractivity (Wildman–Crippen MR) is 92.9 cm³/mol. The fourth-order valence-electron chi connectivity index (χ4n) is 2.62. The first-order chi connectivity index (χ1) is 12.4. The topological polar surface area (TPSA) is 85.8 Å². The maximum atomic E-state index is 13.3. The Morgan fingerprint density at radius 3 is 2.85 bits per heavy atom. The van der Waals surface area contributed by atoms with Gasteiger partial charge in [-0.1, -0.05) is 18.1 Å². The van der Waals surface area contributed by atoms with Crippen LogP contribution in [-0.4, -0.2) is 32.4 Å². The predicted octanol–water partition coefficient (Wildman–Crippen LogP) is 2.76. The Morgan fingerprint density at radius 1 is 1.35 bits per heavy atom. The van der Waals surface area contributed by atoms with E-state index in [4.69, 9.17) is 4.52 Å². The van der Waals surface area contributed by atoms with Gasteiger partial charge in [0.25, 0.3) is 17.6 Å². The van der Waals surface area contributed by atoms with Crippen molar-refractivity contribution >= 4 is 5.91 Å². The van der Waals surface area contributed by atoms with Gasteiger partial charge in [-0.05, 0) is 44.0 Å². The summed E-state index contributed by atoms with van der Waals surface area (Å²) in [6.45, 7) is 7.10. The number of halogens is 1. The second-order valence-electron chi connectivity index (χ2n) is 6.36. The molecule has 8 heteroatoms. The van der Waals surface area contributed by atoms with Crippen LogP contribution in [0.3, 0.4) is 0 Å². The van der Waals surface area contributed by atoms with Crippen LogP contribution >= 0.6 is 0 Å². The number of carbonyl (C=O) groups excluding carboxylic acids is 1. The Labute approximate surface area is 150 Å². The van der Waals surface area contributed by atoms with Gasteiger partial charge < -0.3 is 9.84 Å². The highest BCUT2D eigenvalue weighted by Crippen LogP contribution is 2.17. The summed E-state index contributed by atoms with van der Waals surface area (Å²) in [4.78, 5) is 16.2. The van der Waals surface area contributed by atoms with Crippen LogP contribution in [-0.2, 0) is 6.54 Å². The van der Waals surface area contributed by atoms with Crippen molar-refractivity contribution in [3.8, 4) is 11.5 Å². The summed E-state index contributed by atoms with van der Waals surface area (Å²) in [7, 11) is 0. The van der Waals surface area contributed by atoms with Crippen molar-refractivity contribution in [2.45, 2.75) is 27.3 Å². The third kappa shape index (κ3) is 4.14. The van der Waals surface area contributed by atoms with Crippen LogP contribution in [0.2, 0.25) is 0 Å². The van der Waals surface area contributed by atoms with Gasteiger partial charge in [-0.3, -0.25) is 9.48 Å². The van der Waals surface area contributed by atoms with Crippen molar-refractivity contribution in [3.63, 3.8) is 0 Å². The molecule has 0 aliphatic rings. The first-order valence-corrected chi connectivity index (χ1v) is 8.31. The summed E-state index contributed by atoms with van der Waals surface area (Å²) >= 11 is 0. The van der Waals surface area contributed by atoms with Crippen molar-refractivity contribution < 1.29 is 13.7 Å². The Bertz CT molecular complexity index is 918. The molecule has 0 fully saturated rings. The van der Waals surface area contributed by atoms with E-state index in [9.17, 15) is 9.18 Å². The van der Waals surface area contributed by atoms with Crippen LogP contribution < -0.4 is 5.32 Å². The highest BCUT2D eigenvalue weighted by molar-refractivity contribution is 5.90. The molecule has 0 bridgehead atoms. The third-order valence-corrected chi connectivity index (χ3v) is 3.90. The molecule has 2 heterocycles. The van der Waals surface area contributed by atoms with Gasteiger partial charge in [0.05, 0.1) is 5.69 Å². The largest absolute Gasteiger partial charge is 0.349 e. The van der Waals surface area contributed by atoms with Crippen molar-refractivity contribution in [2.75, 3.05) is 6.54 Å². The smallest absolute Gasteiger partial charge is 0.292 e. The molecule has 1 aromatic carbocycles. The fraction of sp³-hybridized carbons (Fsp3) is 0.333. The lowest BCUT2D eigenvalue weighted by molar-refractivity contribution is 0.0933. The first kappa shape index (κ1) is 17.8. The molecular weight excluding hydrogens is 337 g/mol. The third-order valence-electron chi connectivity index (χ3n) is 3.90. The van der Waals surface area contributed by atoms with E-state index in [2.05, 4.69) is 20.6 Å². The van der Waals surface area contributed by atoms with Gasteiger partial charge in [-0.15, -0.1) is 0 Å². The highest BCUT2D eigenvalue weighted by atomic mass is 19.1. The van der Waals surface area contributed by atoms with E-state index in [0.717, 1.165) is 11.4 Å². The van der Waals surface area contributed by atoms with Gasteiger partial charge in [0.2, 0.25) is 0 Å². The standard InChI is InChI=1S/C18H20FN5O2/c1-11(10-24-13(3)7-12(2)22-24)9-20-17(25)16-21-18(26-23-16)14-5-4-6-15(19)8-14/h4-8,11H,9-10H2,1-3H3,(H,20,25)/t11-/m0/s1. The van der Waals surface area contributed by atoms with Gasteiger partial charge in [0.1, 0.15) is 5.82 Å². The van der Waals surface area contributed by atoms with E-state index in [0.29, 0.717) is 18.7 Å². The van der Waals surface area contributed by atoms with E-state index in [1.807, 2.05) is 31.5 Å². The van der Waals surface area contributed by atoms with Crippen molar-refractivity contribution in [1.82, 2.24) is 25.2 Å². The molecule has 1 N–H and O–H groups in total. The second kappa shape index (κ2) is 7.47. The average molecular weight is 357 g/mol. The molecule has 0 saturated heterocycles. The zero-order chi connectivity index (χ0) is 18.7. The number of hydrogen-bond donors (Lipinski definition) is 1. The number of rotatable bonds is 6. The zero-order valence-corrected chi connectivity index (χ0v) is 14.9. The van der Waals surface area contributed by atoms with Gasteiger partial charge in [0.15, 0.2) is 0 Å². The summed E-state index contributed by atoms with van der Waals surface area (Å²) in [5, 5.41) is 10.9. The minimum Gasteiger partial charge on any atom is -0.349 e. The molecule has 3 aromatic rings. The molecule has 136 valence electrons. The summed E-state index contributed by atoms with van der Waals surface area (Å²) < 4.78 is 20.2. The molecule has 1 amide bonds. The molecule has 26 heavy (non-hydrogen) atoms. The molecule has 3 rings (SSSR count). The number of benzene rings is 1. The molecule has 2 aromatic heterocycles. The van der Waals surface area contributed by atoms with E-state index in [1.165, 1.54) is 18.2 Å². The van der Waals surface area contributed by atoms with Crippen molar-refractivity contribution in [2.24, 2.45) is 5.92 Å². The molecule has 0 unspecified atom stereocenters. The van der Waals surface area contributed by atoms with E-state index in [-0.39, 0.29) is 17.6 Å². The second-order valence-corrected chi connectivity index (χ2v) is 6.36. The molecule has 0 aliphatic carbocycles. The van der Waals surface area contributed by atoms with E-state index >= 15 is 0 Å². The highest BCUT2D eigenvalue weighted by Gasteiger charge is 2.17. The van der Waals surface area contributed by atoms with Crippen LogP contribution in [0.15, 0.2) is 34.9 Å². The number of nitrogens with zero attached hydrogens (tertiary/aromatic N) is 4. The Kier molecular flexibility index (Phi) is 5.11. The lowest BCUT2D eigenvalue weighted by Gasteiger charge is -2.13. The first-order valence-electron chi connectivity index (χ1n) is 8.31. The molecule has 0 saturated carbocycles. The monoisotopic (exact) mass is 357 g/mol. The Hall–Kier alpha value is -3.03. The number of carbonyl (C=O) groups is 1. The average Bonchev–Trinajstić information content (AvgIpc) is 3.20. The molecule has 0 spiro atoms. The van der Waals surface area contributed by atoms with Crippen LogP contribution in [0.4, 0.5) is 4.39 Å². The van der Waals surface area contributed by atoms with E-state index < -0.39 is 11.7 Å². The van der Waals surface area contributed by atoms with Crippen molar-refractivity contribution in [3.05, 3.63) is 53.4 Å². The molecule has 7 nitrogen and oxygen atoms in total. The molecular formula is C18H20FN5O2. The zero-order valence-electron chi connectivity index (χ0n) is 14.9. The summed E-state index contributed by atoms with van der Waals surface area (Å²) in [6, 6.07) is 7.77. The maximum absolute atomic E-state index is 13.3.